The number of aryl methyl sites for hydroxylation is 1. The number of halogens is 1. The normalized spacial score (nSPS) is 10.8. The van der Waals surface area contributed by atoms with E-state index in [9.17, 15) is 0 Å². The molecule has 0 aliphatic heterocycles. The van der Waals surface area contributed by atoms with Gasteiger partial charge in [0, 0.05) is 31.7 Å². The van der Waals surface area contributed by atoms with Crippen LogP contribution in [-0.4, -0.2) is 10.7 Å². The number of rotatable bonds is 5. The van der Waals surface area contributed by atoms with E-state index in [2.05, 4.69) is 17.6 Å². The fourth-order valence-corrected chi connectivity index (χ4v) is 2.06. The smallest absolute Gasteiger partial charge is 0.138 e. The summed E-state index contributed by atoms with van der Waals surface area (Å²) in [7, 11) is 2.01. The number of nitrogens with zero attached hydrogens (tertiary/aromatic N) is 1. The second-order valence-corrected chi connectivity index (χ2v) is 5.26. The Labute approximate surface area is 119 Å². The molecule has 0 saturated carbocycles. The largest absolute Gasteiger partial charge is 0.489 e. The average molecular weight is 279 g/mol. The van der Waals surface area contributed by atoms with Crippen LogP contribution in [-0.2, 0) is 13.6 Å². The van der Waals surface area contributed by atoms with Gasteiger partial charge in [-0.3, -0.25) is 0 Å². The standard InChI is InChI=1S/C15H19ClN2O/c1-11(2)19-15-5-4-13(8-14(15)16)17-9-12-6-7-18(3)10-12/h4-8,10-11,17H,9H2,1-3H3. The number of benzene rings is 1. The highest BCUT2D eigenvalue weighted by Gasteiger charge is 2.05. The van der Waals surface area contributed by atoms with Crippen molar-refractivity contribution in [3.05, 3.63) is 47.2 Å². The minimum atomic E-state index is 0.126. The van der Waals surface area contributed by atoms with Crippen LogP contribution in [0.1, 0.15) is 19.4 Å². The number of anilines is 1. The Hall–Kier alpha value is -1.61. The van der Waals surface area contributed by atoms with E-state index in [-0.39, 0.29) is 6.10 Å². The Balaban J connectivity index is 1.99. The van der Waals surface area contributed by atoms with Crippen LogP contribution >= 0.6 is 11.6 Å². The van der Waals surface area contributed by atoms with Crippen molar-refractivity contribution < 1.29 is 4.74 Å². The molecule has 0 aliphatic carbocycles. The second-order valence-electron chi connectivity index (χ2n) is 4.85. The van der Waals surface area contributed by atoms with Crippen molar-refractivity contribution in [3.63, 3.8) is 0 Å². The summed E-state index contributed by atoms with van der Waals surface area (Å²) >= 11 is 6.19. The van der Waals surface area contributed by atoms with E-state index < -0.39 is 0 Å². The summed E-state index contributed by atoms with van der Waals surface area (Å²) < 4.78 is 7.63. The summed E-state index contributed by atoms with van der Waals surface area (Å²) in [6, 6.07) is 7.86. The predicted molar refractivity (Wildman–Crippen MR) is 80.0 cm³/mol. The van der Waals surface area contributed by atoms with Gasteiger partial charge in [-0.15, -0.1) is 0 Å². The number of aromatic nitrogens is 1. The molecule has 19 heavy (non-hydrogen) atoms. The van der Waals surface area contributed by atoms with Crippen LogP contribution < -0.4 is 10.1 Å². The van der Waals surface area contributed by atoms with Crippen molar-refractivity contribution in [1.82, 2.24) is 4.57 Å². The van der Waals surface area contributed by atoms with E-state index in [1.54, 1.807) is 0 Å². The molecule has 0 bridgehead atoms. The van der Waals surface area contributed by atoms with Crippen LogP contribution in [0.25, 0.3) is 0 Å². The van der Waals surface area contributed by atoms with Crippen LogP contribution in [0.3, 0.4) is 0 Å². The monoisotopic (exact) mass is 278 g/mol. The van der Waals surface area contributed by atoms with E-state index in [1.807, 2.05) is 49.9 Å². The van der Waals surface area contributed by atoms with Crippen LogP contribution in [0.4, 0.5) is 5.69 Å². The summed E-state index contributed by atoms with van der Waals surface area (Å²) in [5, 5.41) is 3.97. The zero-order valence-electron chi connectivity index (χ0n) is 11.5. The molecule has 2 rings (SSSR count). The van der Waals surface area contributed by atoms with Crippen LogP contribution in [0.15, 0.2) is 36.7 Å². The van der Waals surface area contributed by atoms with Crippen molar-refractivity contribution in [2.24, 2.45) is 7.05 Å². The topological polar surface area (TPSA) is 26.2 Å². The Morgan fingerprint density at radius 2 is 2.11 bits per heavy atom. The third-order valence-corrected chi connectivity index (χ3v) is 2.98. The minimum absolute atomic E-state index is 0.126. The highest BCUT2D eigenvalue weighted by Crippen LogP contribution is 2.28. The van der Waals surface area contributed by atoms with Gasteiger partial charge in [0.1, 0.15) is 5.75 Å². The van der Waals surface area contributed by atoms with E-state index in [1.165, 1.54) is 5.56 Å². The molecule has 0 saturated heterocycles. The first kappa shape index (κ1) is 13.8. The summed E-state index contributed by atoms with van der Waals surface area (Å²) in [6.45, 7) is 4.75. The third-order valence-electron chi connectivity index (χ3n) is 2.68. The molecule has 0 radical (unpaired) electrons. The minimum Gasteiger partial charge on any atom is -0.489 e. The molecule has 102 valence electrons. The van der Waals surface area contributed by atoms with E-state index in [0.29, 0.717) is 5.02 Å². The third kappa shape index (κ3) is 3.93. The number of nitrogens with one attached hydrogen (secondary N) is 1. The summed E-state index contributed by atoms with van der Waals surface area (Å²) in [5.74, 6) is 0.724. The zero-order valence-corrected chi connectivity index (χ0v) is 12.2. The van der Waals surface area contributed by atoms with Gasteiger partial charge in [-0.1, -0.05) is 11.6 Å². The Morgan fingerprint density at radius 1 is 1.32 bits per heavy atom. The molecule has 0 fully saturated rings. The Bertz CT molecular complexity index is 549. The lowest BCUT2D eigenvalue weighted by Crippen LogP contribution is -2.06. The van der Waals surface area contributed by atoms with Crippen molar-refractivity contribution in [1.29, 1.82) is 0 Å². The second kappa shape index (κ2) is 6.02. The lowest BCUT2D eigenvalue weighted by atomic mass is 10.2. The molecule has 2 aromatic rings. The SMILES string of the molecule is CC(C)Oc1ccc(NCc2ccn(C)c2)cc1Cl. The van der Waals surface area contributed by atoms with Crippen LogP contribution in [0.5, 0.6) is 5.75 Å². The maximum absolute atomic E-state index is 6.19. The van der Waals surface area contributed by atoms with Crippen molar-refractivity contribution in [2.45, 2.75) is 26.5 Å². The first-order valence-electron chi connectivity index (χ1n) is 6.35. The molecule has 1 aromatic carbocycles. The molecule has 0 aliphatic rings. The molecule has 3 nitrogen and oxygen atoms in total. The summed E-state index contributed by atoms with van der Waals surface area (Å²) in [4.78, 5) is 0. The molecule has 0 unspecified atom stereocenters. The van der Waals surface area contributed by atoms with E-state index >= 15 is 0 Å². The fourth-order valence-electron chi connectivity index (χ4n) is 1.83. The van der Waals surface area contributed by atoms with Gasteiger partial charge in [-0.2, -0.15) is 0 Å². The maximum atomic E-state index is 6.19. The maximum Gasteiger partial charge on any atom is 0.138 e. The molecule has 0 atom stereocenters. The fraction of sp³-hybridized carbons (Fsp3) is 0.333. The first-order valence-corrected chi connectivity index (χ1v) is 6.73. The number of hydrogen-bond donors (Lipinski definition) is 1. The molecule has 0 amide bonds. The van der Waals surface area contributed by atoms with Crippen LogP contribution in [0.2, 0.25) is 5.02 Å². The molecule has 0 spiro atoms. The van der Waals surface area contributed by atoms with E-state index in [4.69, 9.17) is 16.3 Å². The van der Waals surface area contributed by atoms with Gasteiger partial charge >= 0.3 is 0 Å². The average Bonchev–Trinajstić information content (AvgIpc) is 2.75. The first-order chi connectivity index (χ1) is 9.04. The summed E-state index contributed by atoms with van der Waals surface area (Å²) in [5.41, 5.74) is 2.23. The van der Waals surface area contributed by atoms with E-state index in [0.717, 1.165) is 18.0 Å². The predicted octanol–water partition coefficient (Wildman–Crippen LogP) is 4.08. The highest BCUT2D eigenvalue weighted by atomic mass is 35.5. The van der Waals surface area contributed by atoms with Gasteiger partial charge in [-0.25, -0.2) is 0 Å². The van der Waals surface area contributed by atoms with Gasteiger partial charge in [0.25, 0.3) is 0 Å². The Morgan fingerprint density at radius 3 is 2.68 bits per heavy atom. The summed E-state index contributed by atoms with van der Waals surface area (Å²) in [6.07, 6.45) is 4.25. The van der Waals surface area contributed by atoms with Crippen molar-refractivity contribution >= 4 is 17.3 Å². The number of ether oxygens (including phenoxy) is 1. The molecule has 1 heterocycles. The lowest BCUT2D eigenvalue weighted by molar-refractivity contribution is 0.242. The highest BCUT2D eigenvalue weighted by molar-refractivity contribution is 6.32. The van der Waals surface area contributed by atoms with Gasteiger partial charge in [0.05, 0.1) is 11.1 Å². The van der Waals surface area contributed by atoms with Crippen LogP contribution in [0, 0.1) is 0 Å². The van der Waals surface area contributed by atoms with Gasteiger partial charge in [0.2, 0.25) is 0 Å². The quantitative estimate of drug-likeness (QED) is 0.892. The van der Waals surface area contributed by atoms with Gasteiger partial charge in [-0.05, 0) is 43.7 Å². The lowest BCUT2D eigenvalue weighted by Gasteiger charge is -2.13. The van der Waals surface area contributed by atoms with Crippen molar-refractivity contribution in [3.8, 4) is 5.75 Å². The number of hydrogen-bond acceptors (Lipinski definition) is 2. The van der Waals surface area contributed by atoms with Gasteiger partial charge in [0.15, 0.2) is 0 Å². The molecule has 1 aromatic heterocycles. The molecule has 4 heteroatoms. The molecule has 1 N–H and O–H groups in total. The Kier molecular flexibility index (Phi) is 4.38. The zero-order chi connectivity index (χ0) is 13.8. The van der Waals surface area contributed by atoms with Gasteiger partial charge < -0.3 is 14.6 Å². The van der Waals surface area contributed by atoms with Crippen molar-refractivity contribution in [2.75, 3.05) is 5.32 Å². The molecular weight excluding hydrogens is 260 g/mol. The molecular formula is C15H19ClN2O.